The number of carbonyl (C=O) groups excluding carboxylic acids is 1. The Morgan fingerprint density at radius 2 is 1.92 bits per heavy atom. The zero-order chi connectivity index (χ0) is 16.7. The van der Waals surface area contributed by atoms with Crippen LogP contribution in [0.25, 0.3) is 16.8 Å². The number of fused-ring (bicyclic) bond motifs is 2. The maximum Gasteiger partial charge on any atom is 0.271 e. The van der Waals surface area contributed by atoms with Gasteiger partial charge in [-0.1, -0.05) is 6.07 Å². The second-order valence-electron chi connectivity index (χ2n) is 6.01. The fourth-order valence-corrected chi connectivity index (χ4v) is 2.68. The highest BCUT2D eigenvalue weighted by atomic mass is 16.7. The van der Waals surface area contributed by atoms with Crippen LogP contribution in [0.3, 0.4) is 0 Å². The van der Waals surface area contributed by atoms with Gasteiger partial charge in [-0.2, -0.15) is 0 Å². The number of carbonyl (C=O) groups is 1. The first kappa shape index (κ1) is 14.6. The molecule has 3 aromatic rings. The van der Waals surface area contributed by atoms with Gasteiger partial charge in [0, 0.05) is 18.4 Å². The van der Waals surface area contributed by atoms with Gasteiger partial charge in [0.15, 0.2) is 11.5 Å². The molecule has 6 nitrogen and oxygen atoms in total. The lowest BCUT2D eigenvalue weighted by Gasteiger charge is -2.05. The van der Waals surface area contributed by atoms with Crippen molar-refractivity contribution in [3.63, 3.8) is 0 Å². The molecule has 0 aliphatic carbocycles. The normalized spacial score (nSPS) is 12.8. The summed E-state index contributed by atoms with van der Waals surface area (Å²) >= 11 is 0. The van der Waals surface area contributed by atoms with E-state index in [1.54, 1.807) is 6.20 Å². The van der Waals surface area contributed by atoms with Crippen molar-refractivity contribution in [2.45, 2.75) is 19.9 Å². The molecule has 1 N–H and O–H groups in total. The van der Waals surface area contributed by atoms with Gasteiger partial charge in [0.1, 0.15) is 11.3 Å². The molecule has 1 aliphatic rings. The summed E-state index contributed by atoms with van der Waals surface area (Å²) < 4.78 is 12.6. The standard InChI is InChI=1S/C18H17N3O3/c1-11(2)19-18(22)14-9-21-8-13(4-6-17(21)20-14)12-3-5-15-16(7-12)24-10-23-15/h3-9,11H,10H2,1-2H3,(H,19,22). The number of aromatic nitrogens is 2. The Bertz CT molecular complexity index is 930. The Morgan fingerprint density at radius 1 is 1.12 bits per heavy atom. The summed E-state index contributed by atoms with van der Waals surface area (Å²) in [5.74, 6) is 1.34. The van der Waals surface area contributed by atoms with Crippen LogP contribution in [0.1, 0.15) is 24.3 Å². The summed E-state index contributed by atoms with van der Waals surface area (Å²) in [6, 6.07) is 9.78. The molecule has 1 amide bonds. The molecule has 24 heavy (non-hydrogen) atoms. The second-order valence-corrected chi connectivity index (χ2v) is 6.01. The van der Waals surface area contributed by atoms with Gasteiger partial charge in [-0.15, -0.1) is 0 Å². The Hall–Kier alpha value is -3.02. The molecule has 0 bridgehead atoms. The predicted octanol–water partition coefficient (Wildman–Crippen LogP) is 2.87. The SMILES string of the molecule is CC(C)NC(=O)c1cn2cc(-c3ccc4c(c3)OCO4)ccc2n1. The van der Waals surface area contributed by atoms with E-state index in [0.717, 1.165) is 28.3 Å². The van der Waals surface area contributed by atoms with E-state index in [-0.39, 0.29) is 18.7 Å². The average molecular weight is 323 g/mol. The zero-order valence-corrected chi connectivity index (χ0v) is 13.4. The highest BCUT2D eigenvalue weighted by molar-refractivity contribution is 5.93. The minimum Gasteiger partial charge on any atom is -0.454 e. The molecule has 0 fully saturated rings. The van der Waals surface area contributed by atoms with Crippen molar-refractivity contribution < 1.29 is 14.3 Å². The molecule has 0 atom stereocenters. The van der Waals surface area contributed by atoms with Crippen molar-refractivity contribution in [2.24, 2.45) is 0 Å². The number of nitrogens with zero attached hydrogens (tertiary/aromatic N) is 2. The topological polar surface area (TPSA) is 64.9 Å². The summed E-state index contributed by atoms with van der Waals surface area (Å²) in [5, 5.41) is 2.85. The van der Waals surface area contributed by atoms with Crippen molar-refractivity contribution in [1.82, 2.24) is 14.7 Å². The van der Waals surface area contributed by atoms with Crippen LogP contribution in [-0.4, -0.2) is 28.1 Å². The number of hydrogen-bond acceptors (Lipinski definition) is 4. The van der Waals surface area contributed by atoms with Gasteiger partial charge in [0.2, 0.25) is 6.79 Å². The molecule has 122 valence electrons. The van der Waals surface area contributed by atoms with Gasteiger partial charge >= 0.3 is 0 Å². The molecule has 0 unspecified atom stereocenters. The molecule has 4 rings (SSSR count). The smallest absolute Gasteiger partial charge is 0.271 e. The number of nitrogens with one attached hydrogen (secondary N) is 1. The summed E-state index contributed by atoms with van der Waals surface area (Å²) in [6.45, 7) is 4.10. The number of benzene rings is 1. The minimum atomic E-state index is -0.168. The Kier molecular flexibility index (Phi) is 3.37. The third-order valence-electron chi connectivity index (χ3n) is 3.81. The van der Waals surface area contributed by atoms with Crippen LogP contribution < -0.4 is 14.8 Å². The van der Waals surface area contributed by atoms with Gasteiger partial charge in [0.05, 0.1) is 0 Å². The molecule has 1 aliphatic heterocycles. The van der Waals surface area contributed by atoms with Crippen LogP contribution in [-0.2, 0) is 0 Å². The van der Waals surface area contributed by atoms with Crippen LogP contribution in [0.5, 0.6) is 11.5 Å². The Labute approximate surface area is 139 Å². The third-order valence-corrected chi connectivity index (χ3v) is 3.81. The van der Waals surface area contributed by atoms with Crippen LogP contribution in [0.2, 0.25) is 0 Å². The molecule has 1 aromatic carbocycles. The molecule has 0 saturated heterocycles. The molecule has 2 aromatic heterocycles. The largest absolute Gasteiger partial charge is 0.454 e. The van der Waals surface area contributed by atoms with Crippen LogP contribution in [0.15, 0.2) is 42.7 Å². The molecular formula is C18H17N3O3. The van der Waals surface area contributed by atoms with E-state index < -0.39 is 0 Å². The third kappa shape index (κ3) is 2.56. The number of pyridine rings is 1. The fourth-order valence-electron chi connectivity index (χ4n) is 2.68. The first-order valence-electron chi connectivity index (χ1n) is 7.80. The van der Waals surface area contributed by atoms with E-state index >= 15 is 0 Å². The summed E-state index contributed by atoms with van der Waals surface area (Å²) in [7, 11) is 0. The lowest BCUT2D eigenvalue weighted by atomic mass is 10.1. The van der Waals surface area contributed by atoms with Gasteiger partial charge in [0.25, 0.3) is 5.91 Å². The quantitative estimate of drug-likeness (QED) is 0.805. The van der Waals surface area contributed by atoms with E-state index in [4.69, 9.17) is 9.47 Å². The van der Waals surface area contributed by atoms with Crippen LogP contribution in [0.4, 0.5) is 0 Å². The number of ether oxygens (including phenoxy) is 2. The maximum absolute atomic E-state index is 12.1. The monoisotopic (exact) mass is 323 g/mol. The van der Waals surface area contributed by atoms with E-state index in [1.165, 1.54) is 0 Å². The van der Waals surface area contributed by atoms with Crippen LogP contribution >= 0.6 is 0 Å². The highest BCUT2D eigenvalue weighted by Gasteiger charge is 2.15. The van der Waals surface area contributed by atoms with Gasteiger partial charge in [-0.05, 0) is 49.2 Å². The second kappa shape index (κ2) is 5.56. The van der Waals surface area contributed by atoms with E-state index in [0.29, 0.717) is 5.69 Å². The van der Waals surface area contributed by atoms with Crippen molar-refractivity contribution in [3.05, 3.63) is 48.4 Å². The van der Waals surface area contributed by atoms with Crippen molar-refractivity contribution >= 4 is 11.6 Å². The Balaban J connectivity index is 1.69. The lowest BCUT2D eigenvalue weighted by Crippen LogP contribution is -2.30. The summed E-state index contributed by atoms with van der Waals surface area (Å²) in [5.41, 5.74) is 3.16. The number of imidazole rings is 1. The fraction of sp³-hybridized carbons (Fsp3) is 0.222. The molecule has 6 heteroatoms. The van der Waals surface area contributed by atoms with Crippen molar-refractivity contribution in [1.29, 1.82) is 0 Å². The van der Waals surface area contributed by atoms with E-state index in [9.17, 15) is 4.79 Å². The van der Waals surface area contributed by atoms with E-state index in [2.05, 4.69) is 10.3 Å². The molecular weight excluding hydrogens is 306 g/mol. The summed E-state index contributed by atoms with van der Waals surface area (Å²) in [6.07, 6.45) is 3.69. The Morgan fingerprint density at radius 3 is 2.75 bits per heavy atom. The molecule has 0 saturated carbocycles. The van der Waals surface area contributed by atoms with Crippen molar-refractivity contribution in [3.8, 4) is 22.6 Å². The minimum absolute atomic E-state index is 0.0755. The lowest BCUT2D eigenvalue weighted by molar-refractivity contribution is 0.0938. The average Bonchev–Trinajstić information content (AvgIpc) is 3.19. The first-order valence-corrected chi connectivity index (χ1v) is 7.80. The molecule has 0 radical (unpaired) electrons. The van der Waals surface area contributed by atoms with Crippen LogP contribution in [0, 0.1) is 0 Å². The number of amides is 1. The highest BCUT2D eigenvalue weighted by Crippen LogP contribution is 2.35. The molecule has 3 heterocycles. The van der Waals surface area contributed by atoms with Gasteiger partial charge < -0.3 is 19.2 Å². The zero-order valence-electron chi connectivity index (χ0n) is 13.4. The van der Waals surface area contributed by atoms with Gasteiger partial charge in [-0.3, -0.25) is 4.79 Å². The van der Waals surface area contributed by atoms with Crippen molar-refractivity contribution in [2.75, 3.05) is 6.79 Å². The first-order chi connectivity index (χ1) is 11.6. The summed E-state index contributed by atoms with van der Waals surface area (Å²) in [4.78, 5) is 16.5. The predicted molar refractivity (Wildman–Crippen MR) is 89.4 cm³/mol. The molecule has 0 spiro atoms. The van der Waals surface area contributed by atoms with E-state index in [1.807, 2.05) is 54.8 Å². The maximum atomic E-state index is 12.1. The number of rotatable bonds is 3. The number of hydrogen-bond donors (Lipinski definition) is 1. The van der Waals surface area contributed by atoms with Gasteiger partial charge in [-0.25, -0.2) is 4.98 Å².